The van der Waals surface area contributed by atoms with Crippen molar-refractivity contribution in [2.45, 2.75) is 51.6 Å². The van der Waals surface area contributed by atoms with Gasteiger partial charge in [-0.3, -0.25) is 19.4 Å². The largest absolute Gasteiger partial charge is 0.493 e. The number of benzene rings is 4. The van der Waals surface area contributed by atoms with Crippen molar-refractivity contribution in [3.05, 3.63) is 94.0 Å². The first-order chi connectivity index (χ1) is 24.1. The van der Waals surface area contributed by atoms with Gasteiger partial charge in [0.05, 0.1) is 14.2 Å². The molecule has 50 heavy (non-hydrogen) atoms. The van der Waals surface area contributed by atoms with Crippen LogP contribution in [0.3, 0.4) is 0 Å². The molecule has 0 unspecified atom stereocenters. The Morgan fingerprint density at radius 2 is 1.30 bits per heavy atom. The summed E-state index contributed by atoms with van der Waals surface area (Å²) < 4.78 is 36.5. The Labute approximate surface area is 292 Å². The highest BCUT2D eigenvalue weighted by Gasteiger charge is 2.34. The minimum atomic E-state index is -0.476. The summed E-state index contributed by atoms with van der Waals surface area (Å²) in [6.07, 6.45) is 2.94. The van der Waals surface area contributed by atoms with Gasteiger partial charge in [-0.25, -0.2) is 0 Å². The molecule has 0 saturated heterocycles. The summed E-state index contributed by atoms with van der Waals surface area (Å²) in [5.74, 6) is 2.69. The van der Waals surface area contributed by atoms with Gasteiger partial charge in [0.25, 0.3) is 0 Å². The number of esters is 2. The Hall–Kier alpha value is -5.06. The average molecular weight is 679 g/mol. The summed E-state index contributed by atoms with van der Waals surface area (Å²) in [7, 11) is 7.41. The van der Waals surface area contributed by atoms with E-state index in [1.54, 1.807) is 20.3 Å². The molecule has 4 heterocycles. The predicted octanol–water partition coefficient (Wildman–Crippen LogP) is 7.00. The van der Waals surface area contributed by atoms with E-state index in [-0.39, 0.29) is 17.8 Å². The first kappa shape index (κ1) is 33.4. The summed E-state index contributed by atoms with van der Waals surface area (Å²) in [4.78, 5) is 29.3. The van der Waals surface area contributed by atoms with Crippen molar-refractivity contribution in [3.63, 3.8) is 0 Å². The van der Waals surface area contributed by atoms with Crippen LogP contribution in [-0.4, -0.2) is 63.1 Å². The van der Waals surface area contributed by atoms with E-state index in [2.05, 4.69) is 48.2 Å². The molecule has 260 valence electrons. The molecule has 0 spiro atoms. The van der Waals surface area contributed by atoms with Crippen molar-refractivity contribution >= 4 is 11.9 Å². The van der Waals surface area contributed by atoms with Crippen LogP contribution in [0, 0.1) is 0 Å². The van der Waals surface area contributed by atoms with Crippen LogP contribution in [0.1, 0.15) is 59.3 Å². The maximum atomic E-state index is 12.4. The Balaban J connectivity index is 1.45. The number of hydrogen-bond acceptors (Lipinski definition) is 10. The summed E-state index contributed by atoms with van der Waals surface area (Å²) in [5.41, 5.74) is 6.41. The molecule has 4 aromatic rings. The van der Waals surface area contributed by atoms with E-state index in [1.807, 2.05) is 30.3 Å². The van der Waals surface area contributed by atoms with E-state index in [9.17, 15) is 9.59 Å². The number of hydrogen-bond donors (Lipinski definition) is 0. The third-order valence-corrected chi connectivity index (χ3v) is 9.92. The highest BCUT2D eigenvalue weighted by Crippen LogP contribution is 2.51. The maximum absolute atomic E-state index is 12.4. The standard InChI is InChI=1S/C40H42N2O8/c1-23(43)47-33-12-9-26-18-32-38-28(14-16-42(32)4)21-37(46-6)39(48-24(2)44)40(38)49-29-10-7-25(8-11-29)17-31-30-22-36(50-35(33)19-26)34(45-5)20-27(30)13-15-41(31)3/h7-12,19-22,31-32H,13-18H2,1-6H3/t31-,32-/m0/s1. The Morgan fingerprint density at radius 3 is 2.00 bits per heavy atom. The maximum Gasteiger partial charge on any atom is 0.308 e. The molecule has 6 bridgehead atoms. The molecule has 0 amide bonds. The Kier molecular flexibility index (Phi) is 9.15. The topological polar surface area (TPSA) is 96.0 Å². The number of carbonyl (C=O) groups excluding carboxylic acids is 2. The van der Waals surface area contributed by atoms with Gasteiger partial charge in [0.2, 0.25) is 5.75 Å². The van der Waals surface area contributed by atoms with E-state index in [0.29, 0.717) is 46.7 Å². The highest BCUT2D eigenvalue weighted by atomic mass is 16.6. The van der Waals surface area contributed by atoms with Crippen LogP contribution in [0.5, 0.6) is 46.0 Å². The number of ether oxygens (including phenoxy) is 6. The van der Waals surface area contributed by atoms with Gasteiger partial charge in [0.15, 0.2) is 34.5 Å². The van der Waals surface area contributed by atoms with E-state index in [4.69, 9.17) is 28.4 Å². The summed E-state index contributed by atoms with van der Waals surface area (Å²) in [5, 5.41) is 0. The van der Waals surface area contributed by atoms with E-state index >= 15 is 0 Å². The fourth-order valence-electron chi connectivity index (χ4n) is 7.39. The second-order valence-corrected chi connectivity index (χ2v) is 13.2. The van der Waals surface area contributed by atoms with Crippen LogP contribution >= 0.6 is 0 Å². The van der Waals surface area contributed by atoms with Crippen LogP contribution < -0.4 is 28.4 Å². The number of nitrogens with zero attached hydrogens (tertiary/aromatic N) is 2. The van der Waals surface area contributed by atoms with Gasteiger partial charge in [-0.15, -0.1) is 0 Å². The molecule has 0 radical (unpaired) electrons. The number of rotatable bonds is 4. The zero-order chi connectivity index (χ0) is 35.1. The predicted molar refractivity (Wildman–Crippen MR) is 187 cm³/mol. The smallest absolute Gasteiger partial charge is 0.308 e. The van der Waals surface area contributed by atoms with Crippen molar-refractivity contribution in [3.8, 4) is 46.0 Å². The minimum Gasteiger partial charge on any atom is -0.493 e. The van der Waals surface area contributed by atoms with E-state index < -0.39 is 11.9 Å². The van der Waals surface area contributed by atoms with Crippen LogP contribution in [0.15, 0.2) is 60.7 Å². The lowest BCUT2D eigenvalue weighted by Crippen LogP contribution is -2.34. The molecular formula is C40H42N2O8. The number of likely N-dealkylation sites (N-methyl/N-ethyl adjacent to an activating group) is 2. The van der Waals surface area contributed by atoms with Gasteiger partial charge < -0.3 is 28.4 Å². The third-order valence-electron chi connectivity index (χ3n) is 9.92. The van der Waals surface area contributed by atoms with Gasteiger partial charge in [0.1, 0.15) is 5.75 Å². The molecule has 0 saturated carbocycles. The van der Waals surface area contributed by atoms with Crippen molar-refractivity contribution in [1.82, 2.24) is 9.80 Å². The van der Waals surface area contributed by atoms with Gasteiger partial charge in [-0.2, -0.15) is 0 Å². The molecule has 8 rings (SSSR count). The Morgan fingerprint density at radius 1 is 0.680 bits per heavy atom. The van der Waals surface area contributed by atoms with Gasteiger partial charge >= 0.3 is 11.9 Å². The summed E-state index contributed by atoms with van der Waals surface area (Å²) >= 11 is 0. The third kappa shape index (κ3) is 6.48. The first-order valence-electron chi connectivity index (χ1n) is 16.9. The fourth-order valence-corrected chi connectivity index (χ4v) is 7.39. The molecular weight excluding hydrogens is 636 g/mol. The summed E-state index contributed by atoms with van der Waals surface area (Å²) in [6, 6.07) is 19.7. The van der Waals surface area contributed by atoms with Crippen molar-refractivity contribution < 1.29 is 38.0 Å². The molecule has 0 aromatic heterocycles. The fraction of sp³-hybridized carbons (Fsp3) is 0.350. The molecule has 4 aliphatic rings. The second-order valence-electron chi connectivity index (χ2n) is 13.2. The summed E-state index contributed by atoms with van der Waals surface area (Å²) in [6.45, 7) is 4.43. The van der Waals surface area contributed by atoms with Crippen LogP contribution in [-0.2, 0) is 35.3 Å². The molecule has 0 aliphatic carbocycles. The van der Waals surface area contributed by atoms with Gasteiger partial charge in [0, 0.05) is 44.6 Å². The lowest BCUT2D eigenvalue weighted by atomic mass is 9.87. The van der Waals surface area contributed by atoms with Gasteiger partial charge in [-0.1, -0.05) is 18.2 Å². The molecule has 4 aliphatic heterocycles. The zero-order valence-electron chi connectivity index (χ0n) is 29.3. The minimum absolute atomic E-state index is 0.0780. The molecule has 2 atom stereocenters. The van der Waals surface area contributed by atoms with Crippen LogP contribution in [0.2, 0.25) is 0 Å². The lowest BCUT2D eigenvalue weighted by Gasteiger charge is -2.37. The number of methoxy groups -OCH3 is 2. The number of carbonyl (C=O) groups is 2. The zero-order valence-corrected chi connectivity index (χ0v) is 29.3. The lowest BCUT2D eigenvalue weighted by molar-refractivity contribution is -0.133. The normalized spacial score (nSPS) is 18.4. The molecule has 0 fully saturated rings. The molecule has 10 heteroatoms. The van der Waals surface area contributed by atoms with Crippen molar-refractivity contribution in [2.75, 3.05) is 41.4 Å². The highest BCUT2D eigenvalue weighted by molar-refractivity contribution is 5.74. The second kappa shape index (κ2) is 13.7. The van der Waals surface area contributed by atoms with Crippen molar-refractivity contribution in [2.24, 2.45) is 0 Å². The molecule has 0 N–H and O–H groups in total. The van der Waals surface area contributed by atoms with Gasteiger partial charge in [-0.05, 0) is 110 Å². The monoisotopic (exact) mass is 678 g/mol. The Bertz CT molecular complexity index is 1960. The average Bonchev–Trinajstić information content (AvgIpc) is 3.09. The van der Waals surface area contributed by atoms with Crippen LogP contribution in [0.25, 0.3) is 0 Å². The number of fused-ring (bicyclic) bond motifs is 2. The van der Waals surface area contributed by atoms with Crippen molar-refractivity contribution in [1.29, 1.82) is 0 Å². The van der Waals surface area contributed by atoms with E-state index in [1.165, 1.54) is 19.4 Å². The SMILES string of the molecule is COc1cc2c3cc1Oc1cc(ccc1OC(C)=O)C[C@H]1c4c(cc(OC)c(OC(C)=O)c4Oc4ccc(cc4)C[C@@H]3N(C)CC2)CCN1C. The van der Waals surface area contributed by atoms with Crippen LogP contribution in [0.4, 0.5) is 0 Å². The first-order valence-corrected chi connectivity index (χ1v) is 16.9. The molecule has 4 aromatic carbocycles. The molecule has 10 nitrogen and oxygen atoms in total. The quantitative estimate of drug-likeness (QED) is 0.166. The van der Waals surface area contributed by atoms with E-state index in [0.717, 1.165) is 60.2 Å².